The number of rotatable bonds is 8. The van der Waals surface area contributed by atoms with Gasteiger partial charge in [-0.15, -0.1) is 11.8 Å². The summed E-state index contributed by atoms with van der Waals surface area (Å²) in [5.74, 6) is 0.247. The van der Waals surface area contributed by atoms with Crippen LogP contribution in [0.1, 0.15) is 19.4 Å². The molecule has 0 aliphatic carbocycles. The number of nitrogens with zero attached hydrogens (tertiary/aromatic N) is 1. The van der Waals surface area contributed by atoms with Crippen LogP contribution in [-0.4, -0.2) is 36.4 Å². The lowest BCUT2D eigenvalue weighted by molar-refractivity contribution is -0.149. The van der Waals surface area contributed by atoms with Crippen molar-refractivity contribution in [3.63, 3.8) is 0 Å². The Morgan fingerprint density at radius 2 is 2.00 bits per heavy atom. The molecule has 0 fully saturated rings. The van der Waals surface area contributed by atoms with Gasteiger partial charge in [-0.05, 0) is 32.0 Å². The van der Waals surface area contributed by atoms with Crippen molar-refractivity contribution in [2.24, 2.45) is 0 Å². The Kier molecular flexibility index (Phi) is 6.85. The van der Waals surface area contributed by atoms with Crippen LogP contribution in [0, 0.1) is 11.3 Å². The summed E-state index contributed by atoms with van der Waals surface area (Å²) < 4.78 is 16.5. The molecule has 0 spiro atoms. The number of anilines is 1. The van der Waals surface area contributed by atoms with Crippen molar-refractivity contribution in [1.29, 1.82) is 5.26 Å². The molecule has 1 N–H and O–H groups in total. The van der Waals surface area contributed by atoms with E-state index in [4.69, 9.17) is 19.5 Å². The molecule has 0 atom stereocenters. The Hall–Kier alpha value is -3.18. The van der Waals surface area contributed by atoms with Gasteiger partial charge >= 0.3 is 5.97 Å². The van der Waals surface area contributed by atoms with Gasteiger partial charge in [0.1, 0.15) is 5.60 Å². The molecule has 0 radical (unpaired) electrons. The highest BCUT2D eigenvalue weighted by Gasteiger charge is 2.32. The number of fused-ring (bicyclic) bond motifs is 1. The van der Waals surface area contributed by atoms with E-state index in [9.17, 15) is 9.59 Å². The van der Waals surface area contributed by atoms with Gasteiger partial charge in [0.25, 0.3) is 5.91 Å². The molecule has 7 nitrogen and oxygen atoms in total. The Morgan fingerprint density at radius 3 is 2.80 bits per heavy atom. The quantitative estimate of drug-likeness (QED) is 0.509. The number of esters is 1. The number of hydrogen-bond donors (Lipinski definition) is 1. The van der Waals surface area contributed by atoms with Gasteiger partial charge in [-0.3, -0.25) is 4.79 Å². The van der Waals surface area contributed by atoms with Crippen molar-refractivity contribution < 1.29 is 23.8 Å². The standard InChI is InChI=1S/C22H22N2O5S/c1-22(2)12-15-6-5-8-17(21(15)29-22)27-14-20(26)28-13-19(25)24-16-7-3-4-9-18(16)30-11-10-23/h3-9H,11-14H2,1-2H3,(H,24,25). The highest BCUT2D eigenvalue weighted by atomic mass is 32.2. The van der Waals surface area contributed by atoms with Gasteiger partial charge in [0.05, 0.1) is 17.5 Å². The number of ether oxygens (including phenoxy) is 3. The number of carbonyl (C=O) groups excluding carboxylic acids is 2. The molecule has 1 amide bonds. The third kappa shape index (κ3) is 5.67. The van der Waals surface area contributed by atoms with Gasteiger partial charge in [-0.2, -0.15) is 5.26 Å². The first-order chi connectivity index (χ1) is 14.4. The number of carbonyl (C=O) groups is 2. The summed E-state index contributed by atoms with van der Waals surface area (Å²) in [4.78, 5) is 24.9. The zero-order chi connectivity index (χ0) is 21.6. The number of hydrogen-bond acceptors (Lipinski definition) is 7. The predicted molar refractivity (Wildman–Crippen MR) is 113 cm³/mol. The molecule has 1 aliphatic rings. The van der Waals surface area contributed by atoms with E-state index < -0.39 is 18.5 Å². The Morgan fingerprint density at radius 1 is 1.20 bits per heavy atom. The maximum atomic E-state index is 12.1. The smallest absolute Gasteiger partial charge is 0.344 e. The fourth-order valence-electron chi connectivity index (χ4n) is 3.02. The van der Waals surface area contributed by atoms with E-state index in [1.54, 1.807) is 24.3 Å². The Balaban J connectivity index is 1.48. The van der Waals surface area contributed by atoms with E-state index in [1.807, 2.05) is 38.1 Å². The van der Waals surface area contributed by atoms with Crippen molar-refractivity contribution in [3.05, 3.63) is 48.0 Å². The minimum Gasteiger partial charge on any atom is -0.483 e. The minimum atomic E-state index is -0.660. The van der Waals surface area contributed by atoms with Gasteiger partial charge in [0.15, 0.2) is 24.7 Å². The minimum absolute atomic E-state index is 0.267. The Labute approximate surface area is 179 Å². The van der Waals surface area contributed by atoms with Crippen molar-refractivity contribution in [3.8, 4) is 17.6 Å². The molecule has 156 valence electrons. The average molecular weight is 426 g/mol. The first-order valence-corrected chi connectivity index (χ1v) is 10.3. The van der Waals surface area contributed by atoms with Crippen LogP contribution in [0.3, 0.4) is 0 Å². The third-order valence-electron chi connectivity index (χ3n) is 4.22. The summed E-state index contributed by atoms with van der Waals surface area (Å²) in [6.45, 7) is 3.21. The van der Waals surface area contributed by atoms with Crippen molar-refractivity contribution in [2.45, 2.75) is 30.8 Å². The molecular weight excluding hydrogens is 404 g/mol. The lowest BCUT2D eigenvalue weighted by Crippen LogP contribution is -2.25. The van der Waals surface area contributed by atoms with Crippen LogP contribution in [0.25, 0.3) is 0 Å². The highest BCUT2D eigenvalue weighted by Crippen LogP contribution is 2.41. The zero-order valence-electron chi connectivity index (χ0n) is 16.8. The third-order valence-corrected chi connectivity index (χ3v) is 5.16. The second-order valence-electron chi connectivity index (χ2n) is 7.22. The highest BCUT2D eigenvalue weighted by molar-refractivity contribution is 7.99. The number of amides is 1. The van der Waals surface area contributed by atoms with E-state index >= 15 is 0 Å². The first-order valence-electron chi connectivity index (χ1n) is 9.36. The summed E-state index contributed by atoms with van der Waals surface area (Å²) in [7, 11) is 0. The summed E-state index contributed by atoms with van der Waals surface area (Å²) in [6.07, 6.45) is 0.762. The fourth-order valence-corrected chi connectivity index (χ4v) is 3.69. The molecule has 3 rings (SSSR count). The molecule has 0 unspecified atom stereocenters. The molecule has 0 aromatic heterocycles. The Bertz CT molecular complexity index is 984. The first kappa shape index (κ1) is 21.5. The van der Waals surface area contributed by atoms with E-state index in [0.717, 1.165) is 16.9 Å². The predicted octanol–water partition coefficient (Wildman–Crippen LogP) is 3.58. The molecule has 1 aliphatic heterocycles. The molecule has 0 bridgehead atoms. The number of nitriles is 1. The summed E-state index contributed by atoms with van der Waals surface area (Å²) in [6, 6.07) is 14.7. The van der Waals surface area contributed by atoms with Crippen molar-refractivity contribution in [1.82, 2.24) is 0 Å². The van der Waals surface area contributed by atoms with E-state index in [2.05, 4.69) is 5.32 Å². The molecule has 2 aromatic carbocycles. The number of benzene rings is 2. The number of nitrogens with one attached hydrogen (secondary N) is 1. The van der Waals surface area contributed by atoms with Gasteiger partial charge in [-0.25, -0.2) is 4.79 Å². The van der Waals surface area contributed by atoms with Crippen LogP contribution < -0.4 is 14.8 Å². The van der Waals surface area contributed by atoms with Crippen molar-refractivity contribution >= 4 is 29.3 Å². The van der Waals surface area contributed by atoms with Crippen LogP contribution in [0.2, 0.25) is 0 Å². The van der Waals surface area contributed by atoms with Crippen LogP contribution in [-0.2, 0) is 20.7 Å². The maximum Gasteiger partial charge on any atom is 0.344 e. The molecule has 0 saturated heterocycles. The summed E-state index contributed by atoms with van der Waals surface area (Å²) in [5, 5.41) is 11.4. The molecule has 2 aromatic rings. The van der Waals surface area contributed by atoms with Gasteiger partial charge < -0.3 is 19.5 Å². The summed E-state index contributed by atoms with van der Waals surface area (Å²) >= 11 is 1.31. The molecule has 30 heavy (non-hydrogen) atoms. The summed E-state index contributed by atoms with van der Waals surface area (Å²) in [5.41, 5.74) is 1.27. The maximum absolute atomic E-state index is 12.1. The lowest BCUT2D eigenvalue weighted by atomic mass is 10.0. The SMILES string of the molecule is CC1(C)Cc2cccc(OCC(=O)OCC(=O)Nc3ccccc3SCC#N)c2O1. The fraction of sp³-hybridized carbons (Fsp3) is 0.318. The van der Waals surface area contributed by atoms with E-state index in [-0.39, 0.29) is 18.0 Å². The normalized spacial score (nSPS) is 13.5. The zero-order valence-corrected chi connectivity index (χ0v) is 17.6. The molecule has 0 saturated carbocycles. The lowest BCUT2D eigenvalue weighted by Gasteiger charge is -2.18. The number of para-hydroxylation sites is 2. The molecular formula is C22H22N2O5S. The van der Waals surface area contributed by atoms with Gasteiger partial charge in [0, 0.05) is 16.9 Å². The monoisotopic (exact) mass is 426 g/mol. The van der Waals surface area contributed by atoms with Crippen LogP contribution in [0.15, 0.2) is 47.4 Å². The van der Waals surface area contributed by atoms with E-state index in [0.29, 0.717) is 17.2 Å². The van der Waals surface area contributed by atoms with Crippen LogP contribution in [0.5, 0.6) is 11.5 Å². The van der Waals surface area contributed by atoms with Crippen molar-refractivity contribution in [2.75, 3.05) is 24.3 Å². The molecule has 1 heterocycles. The van der Waals surface area contributed by atoms with Crippen LogP contribution in [0.4, 0.5) is 5.69 Å². The molecule has 8 heteroatoms. The van der Waals surface area contributed by atoms with Crippen LogP contribution >= 0.6 is 11.8 Å². The topological polar surface area (TPSA) is 97.6 Å². The number of thioether (sulfide) groups is 1. The van der Waals surface area contributed by atoms with Gasteiger partial charge in [0.2, 0.25) is 0 Å². The van der Waals surface area contributed by atoms with Gasteiger partial charge in [-0.1, -0.05) is 24.3 Å². The second kappa shape index (κ2) is 9.55. The average Bonchev–Trinajstić information content (AvgIpc) is 3.04. The second-order valence-corrected chi connectivity index (χ2v) is 8.24. The van der Waals surface area contributed by atoms with E-state index in [1.165, 1.54) is 11.8 Å². The largest absolute Gasteiger partial charge is 0.483 e.